The molecular weight excluding hydrogens is 505 g/mol. The Bertz CT molecular complexity index is 379. The number of hydrogen-bond donors (Lipinski definition) is 2. The largest absolute Gasteiger partial charge is 2.00 e. The van der Waals surface area contributed by atoms with Gasteiger partial charge in [0.1, 0.15) is 6.29 Å². The minimum Gasteiger partial charge on any atom is -1.00 e. The third-order valence-corrected chi connectivity index (χ3v) is 3.76. The Morgan fingerprint density at radius 2 is 1.58 bits per heavy atom. The third kappa shape index (κ3) is 39.9. The SMILES string of the molecule is [3H][B]SOCC(C)(C)C(O)CCCCO.[3H][B]SOCC(C)(C)C=O.[CH2-]CC[O-].[Cl-].[Cl-].[Mg+2].[Mg+2]. The van der Waals surface area contributed by atoms with E-state index in [9.17, 15) is 15.0 Å². The van der Waals surface area contributed by atoms with Crippen molar-refractivity contribution in [3.05, 3.63) is 6.92 Å². The zero-order valence-corrected chi connectivity index (χ0v) is 25.2. The standard InChI is InChI=1S/C9H20BO3S.C5H10BO2S.C3H6O.2ClH.2Mg/c1-9(2,7-13-14-10)8(12)5-3-4-6-11;1-5(2,3-7)4-8-9-6;1-2-3-4;;;;/h8,10-12H,3-7H2,1-2H3;3,6H,4H2,1-2H3;1-3H2;2*1H;;/q;;-2;;;2*+2/p-2/i10T;6T;;;;;. The first kappa shape index (κ1) is 43.5. The van der Waals surface area contributed by atoms with Crippen LogP contribution in [0, 0.1) is 17.8 Å². The molecule has 6 nitrogen and oxygen atoms in total. The zero-order valence-electron chi connectivity index (χ0n) is 21.2. The Balaban J connectivity index is -0.0000000662. The van der Waals surface area contributed by atoms with Crippen LogP contribution in [0.1, 0.15) is 53.4 Å². The molecule has 0 bridgehead atoms. The molecule has 1 atom stereocenters. The van der Waals surface area contributed by atoms with Crippen molar-refractivity contribution in [1.82, 2.24) is 0 Å². The van der Waals surface area contributed by atoms with Gasteiger partial charge in [0.05, 0.1) is 19.3 Å². The van der Waals surface area contributed by atoms with Crippen molar-refractivity contribution >= 4 is 90.4 Å². The summed E-state index contributed by atoms with van der Waals surface area (Å²) >= 11 is 1.90. The first-order chi connectivity index (χ1) is 13.6. The zero-order chi connectivity index (χ0) is 23.2. The average Bonchev–Trinajstić information content (AvgIpc) is 2.69. The molecule has 0 amide bonds. The molecule has 176 valence electrons. The average molecular weight is 546 g/mol. The van der Waals surface area contributed by atoms with Gasteiger partial charge in [0.25, 0.3) is 0 Å². The molecule has 0 rings (SSSR count). The van der Waals surface area contributed by atoms with E-state index in [-0.39, 0.29) is 89.5 Å². The maximum atomic E-state index is 10.3. The summed E-state index contributed by atoms with van der Waals surface area (Å²) in [6, 6.07) is 0. The number of aliphatic hydroxyl groups is 2. The van der Waals surface area contributed by atoms with Crippen molar-refractivity contribution in [3.63, 3.8) is 0 Å². The second-order valence-corrected chi connectivity index (χ2v) is 7.96. The summed E-state index contributed by atoms with van der Waals surface area (Å²) < 4.78 is 23.4. The van der Waals surface area contributed by atoms with Gasteiger partial charge >= 0.3 is 46.1 Å². The van der Waals surface area contributed by atoms with Crippen LogP contribution in [0.3, 0.4) is 0 Å². The molecule has 1 unspecified atom stereocenters. The number of hydrogen-bond acceptors (Lipinski definition) is 8. The smallest absolute Gasteiger partial charge is 1.00 e. The molecular formula is C17H36B2Cl2Mg2O6S2. The number of rotatable bonds is 15. The van der Waals surface area contributed by atoms with Crippen molar-refractivity contribution in [2.75, 3.05) is 26.4 Å². The maximum Gasteiger partial charge on any atom is 2.00 e. The van der Waals surface area contributed by atoms with Crippen LogP contribution in [0.5, 0.6) is 0 Å². The molecule has 0 fully saturated rings. The summed E-state index contributed by atoms with van der Waals surface area (Å²) in [5.74, 6) is 0. The maximum absolute atomic E-state index is 10.3. The van der Waals surface area contributed by atoms with Gasteiger partial charge in [-0.2, -0.15) is 13.0 Å². The van der Waals surface area contributed by atoms with E-state index < -0.39 is 11.5 Å². The van der Waals surface area contributed by atoms with Gasteiger partial charge in [-0.15, -0.1) is 0 Å². The fourth-order valence-corrected chi connectivity index (χ4v) is 2.09. The number of unbranched alkanes of at least 4 members (excludes halogenated alkanes) is 1. The minimum atomic E-state index is -0.435. The van der Waals surface area contributed by atoms with E-state index in [1.165, 1.54) is 0 Å². The number of aldehydes is 1. The van der Waals surface area contributed by atoms with E-state index in [4.69, 9.17) is 16.1 Å². The van der Waals surface area contributed by atoms with E-state index in [1.54, 1.807) is 13.8 Å². The molecule has 31 heavy (non-hydrogen) atoms. The van der Waals surface area contributed by atoms with Crippen LogP contribution in [0.4, 0.5) is 0 Å². The van der Waals surface area contributed by atoms with Gasteiger partial charge in [0.15, 0.2) is 0 Å². The second kappa shape index (κ2) is 34.6. The number of halogens is 2. The summed E-state index contributed by atoms with van der Waals surface area (Å²) in [4.78, 5) is 10.3. The van der Waals surface area contributed by atoms with Gasteiger partial charge in [0, 0.05) is 17.4 Å². The molecule has 0 spiro atoms. The van der Waals surface area contributed by atoms with Gasteiger partial charge in [0.2, 0.25) is 14.2 Å². The van der Waals surface area contributed by atoms with Crippen LogP contribution in [0.25, 0.3) is 0 Å². The monoisotopic (exact) mass is 544 g/mol. The Hall–Kier alpha value is 2.41. The molecule has 0 aromatic heterocycles. The number of carbonyl (C=O) groups excluding carboxylic acids is 1. The van der Waals surface area contributed by atoms with Crippen LogP contribution >= 0.6 is 23.8 Å². The first-order valence-corrected chi connectivity index (χ1v) is 10.3. The van der Waals surface area contributed by atoms with E-state index in [0.29, 0.717) is 26.1 Å². The molecule has 2 N–H and O–H groups in total. The van der Waals surface area contributed by atoms with E-state index >= 15 is 0 Å². The van der Waals surface area contributed by atoms with Gasteiger partial charge in [-0.05, 0) is 21.9 Å². The summed E-state index contributed by atoms with van der Waals surface area (Å²) in [7, 11) is 2.20. The molecule has 0 aromatic rings. The molecule has 0 aromatic carbocycles. The summed E-state index contributed by atoms with van der Waals surface area (Å²) in [6.45, 7) is 11.6. The predicted octanol–water partition coefficient (Wildman–Crippen LogP) is -5.47. The van der Waals surface area contributed by atoms with Crippen LogP contribution in [0.15, 0.2) is 0 Å². The van der Waals surface area contributed by atoms with Crippen molar-refractivity contribution in [2.24, 2.45) is 10.8 Å². The molecule has 0 saturated carbocycles. The van der Waals surface area contributed by atoms with E-state index in [1.807, 2.05) is 13.8 Å². The fourth-order valence-electron chi connectivity index (χ4n) is 1.34. The first-order valence-electron chi connectivity index (χ1n) is 9.83. The summed E-state index contributed by atoms with van der Waals surface area (Å²) in [5.41, 5.74) is -0.749. The molecule has 2 radical (unpaired) electrons. The van der Waals surface area contributed by atoms with Crippen LogP contribution in [-0.4, -0.2) is 112 Å². The third-order valence-electron chi connectivity index (χ3n) is 3.25. The van der Waals surface area contributed by atoms with E-state index in [2.05, 4.69) is 6.92 Å². The van der Waals surface area contributed by atoms with Crippen LogP contribution in [0.2, 0.25) is 0 Å². The van der Waals surface area contributed by atoms with Crippen molar-refractivity contribution < 1.29 is 53.3 Å². The molecule has 0 saturated heterocycles. The van der Waals surface area contributed by atoms with Gasteiger partial charge in [-0.1, -0.05) is 51.5 Å². The fraction of sp³-hybridized carbons (Fsp3) is 0.882. The van der Waals surface area contributed by atoms with Crippen molar-refractivity contribution in [2.45, 2.75) is 59.5 Å². The summed E-state index contributed by atoms with van der Waals surface area (Å²) in [6.07, 6.45) is 3.14. The summed E-state index contributed by atoms with van der Waals surface area (Å²) in [5, 5.41) is 27.7. The number of carbonyl (C=O) groups is 1. The number of aliphatic hydroxyl groups excluding tert-OH is 2. The van der Waals surface area contributed by atoms with Gasteiger partial charge in [-0.25, -0.2) is 0 Å². The topological polar surface area (TPSA) is 99.1 Å². The van der Waals surface area contributed by atoms with Crippen LogP contribution in [-0.2, 0) is 13.2 Å². The molecule has 0 aliphatic heterocycles. The van der Waals surface area contributed by atoms with Crippen molar-refractivity contribution in [3.8, 4) is 0 Å². The molecule has 0 aliphatic carbocycles. The quantitative estimate of drug-likeness (QED) is 0.0692. The molecule has 0 heterocycles. The second-order valence-electron chi connectivity index (χ2n) is 7.10. The molecule has 0 aliphatic rings. The van der Waals surface area contributed by atoms with Gasteiger partial charge < -0.3 is 60.2 Å². The Morgan fingerprint density at radius 3 is 1.94 bits per heavy atom. The van der Waals surface area contributed by atoms with E-state index in [0.717, 1.165) is 57.1 Å². The molecule has 14 heteroatoms. The van der Waals surface area contributed by atoms with Crippen LogP contribution < -0.4 is 29.9 Å². The predicted molar refractivity (Wildman–Crippen MR) is 128 cm³/mol. The minimum absolute atomic E-state index is 0. The Morgan fingerprint density at radius 1 is 1.13 bits per heavy atom. The van der Waals surface area contributed by atoms with Gasteiger partial charge in [-0.3, -0.25) is 0 Å². The Kier molecular flexibility index (Phi) is 48.5. The van der Waals surface area contributed by atoms with Crippen molar-refractivity contribution in [1.29, 1.82) is 2.67 Å². The Labute approximate surface area is 248 Å². The normalized spacial score (nSPS) is 11.4.